The van der Waals surface area contributed by atoms with Crippen molar-refractivity contribution < 1.29 is 13.6 Å². The highest BCUT2D eigenvalue weighted by molar-refractivity contribution is 5.94. The number of hydrogen-bond donors (Lipinski definition) is 1. The van der Waals surface area contributed by atoms with E-state index in [1.54, 1.807) is 42.5 Å². The van der Waals surface area contributed by atoms with Crippen molar-refractivity contribution in [1.29, 1.82) is 5.26 Å². The number of benzene rings is 2. The van der Waals surface area contributed by atoms with Gasteiger partial charge in [-0.05, 0) is 54.6 Å². The lowest BCUT2D eigenvalue weighted by Gasteiger charge is -2.04. The molecule has 3 rings (SSSR count). The van der Waals surface area contributed by atoms with E-state index in [1.807, 2.05) is 6.07 Å². The topological polar surface area (TPSA) is 66.0 Å². The Morgan fingerprint density at radius 2 is 1.92 bits per heavy atom. The number of nitrogens with one attached hydrogen (secondary N) is 1. The molecule has 0 radical (unpaired) electrons. The molecule has 1 N–H and O–H groups in total. The maximum atomic E-state index is 12.9. The number of halogens is 1. The van der Waals surface area contributed by atoms with Gasteiger partial charge in [0.1, 0.15) is 17.3 Å². The Labute approximate surface area is 138 Å². The predicted octanol–water partition coefficient (Wildman–Crippen LogP) is 3.89. The van der Waals surface area contributed by atoms with E-state index in [-0.39, 0.29) is 18.3 Å². The fraction of sp³-hybridized carbons (Fsp3) is 0.0526. The van der Waals surface area contributed by atoms with Crippen LogP contribution in [0.25, 0.3) is 11.3 Å². The van der Waals surface area contributed by atoms with Gasteiger partial charge in [0.25, 0.3) is 5.91 Å². The van der Waals surface area contributed by atoms with Crippen molar-refractivity contribution in [3.05, 3.63) is 83.4 Å². The summed E-state index contributed by atoms with van der Waals surface area (Å²) in [5.41, 5.74) is 1.61. The van der Waals surface area contributed by atoms with Gasteiger partial charge in [-0.25, -0.2) is 4.39 Å². The van der Waals surface area contributed by atoms with E-state index in [1.165, 1.54) is 18.2 Å². The molecule has 1 amide bonds. The second-order valence-electron chi connectivity index (χ2n) is 5.15. The minimum absolute atomic E-state index is 0.219. The van der Waals surface area contributed by atoms with Crippen molar-refractivity contribution in [1.82, 2.24) is 5.32 Å². The Morgan fingerprint density at radius 3 is 2.67 bits per heavy atom. The van der Waals surface area contributed by atoms with Crippen molar-refractivity contribution in [3.63, 3.8) is 0 Å². The van der Waals surface area contributed by atoms with E-state index in [4.69, 9.17) is 9.68 Å². The summed E-state index contributed by atoms with van der Waals surface area (Å²) in [4.78, 5) is 12.1. The summed E-state index contributed by atoms with van der Waals surface area (Å²) in [7, 11) is 0. The average Bonchev–Trinajstić information content (AvgIpc) is 3.09. The zero-order chi connectivity index (χ0) is 16.9. The molecule has 0 unspecified atom stereocenters. The Bertz CT molecular complexity index is 908. The zero-order valence-electron chi connectivity index (χ0n) is 12.6. The maximum Gasteiger partial charge on any atom is 0.251 e. The fourth-order valence-corrected chi connectivity index (χ4v) is 2.24. The van der Waals surface area contributed by atoms with Gasteiger partial charge in [-0.2, -0.15) is 5.26 Å². The number of nitrogens with zero attached hydrogens (tertiary/aromatic N) is 1. The summed E-state index contributed by atoms with van der Waals surface area (Å²) in [6.07, 6.45) is 0. The number of carbonyl (C=O) groups is 1. The van der Waals surface area contributed by atoms with Gasteiger partial charge in [0.05, 0.1) is 18.2 Å². The highest BCUT2D eigenvalue weighted by Crippen LogP contribution is 2.22. The fourth-order valence-electron chi connectivity index (χ4n) is 2.24. The lowest BCUT2D eigenvalue weighted by Crippen LogP contribution is -2.22. The van der Waals surface area contributed by atoms with Gasteiger partial charge in [0.15, 0.2) is 0 Å². The molecule has 0 aliphatic heterocycles. The lowest BCUT2D eigenvalue weighted by atomic mass is 10.1. The van der Waals surface area contributed by atoms with E-state index in [0.717, 1.165) is 5.56 Å². The van der Waals surface area contributed by atoms with Crippen LogP contribution in [0.2, 0.25) is 0 Å². The molecular formula is C19H13FN2O2. The molecule has 2 aromatic carbocycles. The maximum absolute atomic E-state index is 12.9. The molecule has 4 nitrogen and oxygen atoms in total. The quantitative estimate of drug-likeness (QED) is 0.793. The van der Waals surface area contributed by atoms with Crippen molar-refractivity contribution in [2.75, 3.05) is 0 Å². The minimum atomic E-state index is -0.308. The minimum Gasteiger partial charge on any atom is -0.459 e. The smallest absolute Gasteiger partial charge is 0.251 e. The van der Waals surface area contributed by atoms with Crippen LogP contribution in [0.1, 0.15) is 21.7 Å². The summed E-state index contributed by atoms with van der Waals surface area (Å²) in [6, 6.07) is 18.0. The predicted molar refractivity (Wildman–Crippen MR) is 86.4 cm³/mol. The van der Waals surface area contributed by atoms with Gasteiger partial charge in [-0.15, -0.1) is 0 Å². The second-order valence-corrected chi connectivity index (χ2v) is 5.15. The summed E-state index contributed by atoms with van der Waals surface area (Å²) >= 11 is 0. The first kappa shape index (κ1) is 15.5. The molecule has 1 heterocycles. The lowest BCUT2D eigenvalue weighted by molar-refractivity contribution is 0.0948. The van der Waals surface area contributed by atoms with E-state index in [9.17, 15) is 9.18 Å². The number of carbonyl (C=O) groups excluding carboxylic acids is 1. The van der Waals surface area contributed by atoms with Crippen molar-refractivity contribution in [2.45, 2.75) is 6.54 Å². The summed E-state index contributed by atoms with van der Waals surface area (Å²) in [6.45, 7) is 0.219. The average molecular weight is 320 g/mol. The standard InChI is InChI=1S/C19H13FN2O2/c20-16-6-4-14(5-7-16)18-9-8-17(24-18)12-22-19(23)15-3-1-2-13(10-15)11-21/h1-10H,12H2,(H,22,23). The zero-order valence-corrected chi connectivity index (χ0v) is 12.6. The van der Waals surface area contributed by atoms with Gasteiger partial charge >= 0.3 is 0 Å². The van der Waals surface area contributed by atoms with Crippen LogP contribution in [0.4, 0.5) is 4.39 Å². The SMILES string of the molecule is N#Cc1cccc(C(=O)NCc2ccc(-c3ccc(F)cc3)o2)c1. The Morgan fingerprint density at radius 1 is 1.12 bits per heavy atom. The molecule has 24 heavy (non-hydrogen) atoms. The van der Waals surface area contributed by atoms with E-state index < -0.39 is 0 Å². The molecule has 5 heteroatoms. The molecule has 0 aliphatic carbocycles. The van der Waals surface area contributed by atoms with Crippen LogP contribution < -0.4 is 5.32 Å². The normalized spacial score (nSPS) is 10.2. The molecule has 1 aromatic heterocycles. The first-order valence-electron chi connectivity index (χ1n) is 7.29. The van der Waals surface area contributed by atoms with E-state index in [0.29, 0.717) is 22.6 Å². The number of hydrogen-bond acceptors (Lipinski definition) is 3. The van der Waals surface area contributed by atoms with Gasteiger partial charge in [-0.1, -0.05) is 6.07 Å². The molecule has 0 saturated heterocycles. The third kappa shape index (κ3) is 3.50. The van der Waals surface area contributed by atoms with Crippen molar-refractivity contribution in [3.8, 4) is 17.4 Å². The van der Waals surface area contributed by atoms with Crippen molar-refractivity contribution >= 4 is 5.91 Å². The van der Waals surface area contributed by atoms with Gasteiger partial charge in [0, 0.05) is 11.1 Å². The monoisotopic (exact) mass is 320 g/mol. The first-order chi connectivity index (χ1) is 11.7. The molecule has 118 valence electrons. The third-order valence-electron chi connectivity index (χ3n) is 3.47. The Hall–Kier alpha value is -3.39. The summed E-state index contributed by atoms with van der Waals surface area (Å²) in [5.74, 6) is 0.592. The highest BCUT2D eigenvalue weighted by Gasteiger charge is 2.09. The van der Waals surface area contributed by atoms with Crippen LogP contribution in [0.5, 0.6) is 0 Å². The second kappa shape index (κ2) is 6.80. The van der Waals surface area contributed by atoms with Crippen LogP contribution in [-0.2, 0) is 6.54 Å². The summed E-state index contributed by atoms with van der Waals surface area (Å²) in [5, 5.41) is 11.6. The van der Waals surface area contributed by atoms with E-state index >= 15 is 0 Å². The van der Waals surface area contributed by atoms with Crippen LogP contribution in [0, 0.1) is 17.1 Å². The molecule has 0 fully saturated rings. The first-order valence-corrected chi connectivity index (χ1v) is 7.29. The molecular weight excluding hydrogens is 307 g/mol. The number of amides is 1. The number of rotatable bonds is 4. The highest BCUT2D eigenvalue weighted by atomic mass is 19.1. The molecule has 3 aromatic rings. The molecule has 0 bridgehead atoms. The van der Waals surface area contributed by atoms with Crippen LogP contribution in [0.3, 0.4) is 0 Å². The van der Waals surface area contributed by atoms with Gasteiger partial charge < -0.3 is 9.73 Å². The molecule has 0 atom stereocenters. The van der Waals surface area contributed by atoms with Crippen LogP contribution >= 0.6 is 0 Å². The summed E-state index contributed by atoms with van der Waals surface area (Å²) < 4.78 is 18.6. The van der Waals surface area contributed by atoms with Crippen molar-refractivity contribution in [2.24, 2.45) is 0 Å². The van der Waals surface area contributed by atoms with Crippen LogP contribution in [0.15, 0.2) is 65.1 Å². The van der Waals surface area contributed by atoms with Gasteiger partial charge in [-0.3, -0.25) is 4.79 Å². The van der Waals surface area contributed by atoms with E-state index in [2.05, 4.69) is 5.32 Å². The Balaban J connectivity index is 1.66. The number of nitriles is 1. The largest absolute Gasteiger partial charge is 0.459 e. The molecule has 0 saturated carbocycles. The molecule has 0 spiro atoms. The van der Waals surface area contributed by atoms with Gasteiger partial charge in [0.2, 0.25) is 0 Å². The number of furan rings is 1. The molecule has 0 aliphatic rings. The van der Waals surface area contributed by atoms with Crippen LogP contribution in [-0.4, -0.2) is 5.91 Å². The Kier molecular flexibility index (Phi) is 4.39. The third-order valence-corrected chi connectivity index (χ3v) is 3.47.